The average Bonchev–Trinajstić information content (AvgIpc) is 2.86. The molecule has 4 nitrogen and oxygen atoms in total. The van der Waals surface area contributed by atoms with E-state index in [1.165, 1.54) is 0 Å². The molecule has 0 aromatic heterocycles. The Kier molecular flexibility index (Phi) is 6.20. The molecule has 2 unspecified atom stereocenters. The van der Waals surface area contributed by atoms with Gasteiger partial charge in [0.05, 0.1) is 17.2 Å². The van der Waals surface area contributed by atoms with Crippen LogP contribution in [0.1, 0.15) is 42.2 Å². The zero-order valence-electron chi connectivity index (χ0n) is 18.6. The van der Waals surface area contributed by atoms with Crippen molar-refractivity contribution in [3.8, 4) is 5.75 Å². The van der Waals surface area contributed by atoms with E-state index >= 15 is 0 Å². The first kappa shape index (κ1) is 22.7. The number of allylic oxidation sites excluding steroid dienone is 2. The number of benzene rings is 3. The van der Waals surface area contributed by atoms with Crippen LogP contribution >= 0.6 is 23.2 Å². The van der Waals surface area contributed by atoms with Gasteiger partial charge in [0.1, 0.15) is 5.75 Å². The van der Waals surface area contributed by atoms with Crippen LogP contribution < -0.4 is 9.64 Å². The second-order valence-electron chi connectivity index (χ2n) is 8.63. The first-order valence-corrected chi connectivity index (χ1v) is 12.0. The quantitative estimate of drug-likeness (QED) is 0.397. The fourth-order valence-electron chi connectivity index (χ4n) is 5.08. The van der Waals surface area contributed by atoms with Crippen LogP contribution in [-0.2, 0) is 9.59 Å². The molecular weight excluding hydrogens is 469 g/mol. The van der Waals surface area contributed by atoms with Crippen molar-refractivity contribution >= 4 is 40.6 Å². The topological polar surface area (TPSA) is 46.6 Å². The van der Waals surface area contributed by atoms with Crippen LogP contribution in [0.4, 0.5) is 5.69 Å². The number of ketones is 1. The van der Waals surface area contributed by atoms with Gasteiger partial charge in [0.15, 0.2) is 5.78 Å². The van der Waals surface area contributed by atoms with Crippen molar-refractivity contribution in [1.82, 2.24) is 0 Å². The number of carbonyl (C=O) groups is 2. The molecule has 0 N–H and O–H groups in total. The summed E-state index contributed by atoms with van der Waals surface area (Å²) >= 11 is 12.9. The summed E-state index contributed by atoms with van der Waals surface area (Å²) in [5.74, 6) is 0.239. The molecule has 2 aliphatic rings. The largest absolute Gasteiger partial charge is 0.497 e. The number of methoxy groups -OCH3 is 1. The van der Waals surface area contributed by atoms with Crippen LogP contribution in [0, 0.1) is 0 Å². The highest BCUT2D eigenvalue weighted by atomic mass is 35.5. The van der Waals surface area contributed by atoms with Gasteiger partial charge in [0, 0.05) is 35.7 Å². The molecule has 172 valence electrons. The standard InChI is InChI=1S/C28H23Cl2NO3/c1-34-20-12-10-19(11-13-20)31-24-14-18(17-6-3-2-4-7-17)15-25(32)27(24)22(16-26(31)33)21-8-5-9-23(29)28(21)30/h2-13,18,22H,14-16H2,1H3. The fraction of sp³-hybridized carbons (Fsp3) is 0.214. The average molecular weight is 492 g/mol. The molecular formula is C28H23Cl2NO3. The van der Waals surface area contributed by atoms with Crippen molar-refractivity contribution in [3.05, 3.63) is 105 Å². The number of nitrogens with zero attached hydrogens (tertiary/aromatic N) is 1. The van der Waals surface area contributed by atoms with Crippen LogP contribution in [0.5, 0.6) is 5.75 Å². The van der Waals surface area contributed by atoms with Gasteiger partial charge in [-0.3, -0.25) is 14.5 Å². The van der Waals surface area contributed by atoms with Gasteiger partial charge in [-0.2, -0.15) is 0 Å². The Morgan fingerprint density at radius 3 is 2.29 bits per heavy atom. The summed E-state index contributed by atoms with van der Waals surface area (Å²) in [7, 11) is 1.60. The van der Waals surface area contributed by atoms with Crippen molar-refractivity contribution in [2.45, 2.75) is 31.1 Å². The highest BCUT2D eigenvalue weighted by Gasteiger charge is 2.43. The van der Waals surface area contributed by atoms with Crippen molar-refractivity contribution in [1.29, 1.82) is 0 Å². The van der Waals surface area contributed by atoms with E-state index in [9.17, 15) is 9.59 Å². The lowest BCUT2D eigenvalue weighted by Gasteiger charge is -2.40. The maximum Gasteiger partial charge on any atom is 0.232 e. The smallest absolute Gasteiger partial charge is 0.232 e. The molecule has 0 radical (unpaired) electrons. The molecule has 0 saturated heterocycles. The predicted molar refractivity (Wildman–Crippen MR) is 135 cm³/mol. The van der Waals surface area contributed by atoms with Crippen LogP contribution in [0.2, 0.25) is 10.0 Å². The SMILES string of the molecule is COc1ccc(N2C(=O)CC(c3cccc(Cl)c3Cl)C3=C2CC(c2ccccc2)CC3=O)cc1. The zero-order chi connectivity index (χ0) is 23.8. The number of ether oxygens (including phenoxy) is 1. The number of halogens is 2. The Balaban J connectivity index is 1.66. The molecule has 0 saturated carbocycles. The Labute approximate surface area is 208 Å². The lowest BCUT2D eigenvalue weighted by molar-refractivity contribution is -0.120. The third kappa shape index (κ3) is 4.02. The molecule has 1 heterocycles. The number of Topliss-reactive ketones (excluding diaryl/α,β-unsaturated/α-hetero) is 1. The lowest BCUT2D eigenvalue weighted by Crippen LogP contribution is -2.41. The van der Waals surface area contributed by atoms with E-state index < -0.39 is 5.92 Å². The number of hydrogen-bond acceptors (Lipinski definition) is 3. The Morgan fingerprint density at radius 2 is 1.59 bits per heavy atom. The summed E-state index contributed by atoms with van der Waals surface area (Å²) in [4.78, 5) is 29.0. The Hall–Kier alpha value is -3.08. The molecule has 3 aromatic rings. The normalized spacial score (nSPS) is 20.4. The van der Waals surface area contributed by atoms with Gasteiger partial charge in [0.25, 0.3) is 0 Å². The van der Waals surface area contributed by atoms with Gasteiger partial charge in [-0.1, -0.05) is 65.7 Å². The van der Waals surface area contributed by atoms with E-state index in [0.717, 1.165) is 22.5 Å². The molecule has 3 aromatic carbocycles. The lowest BCUT2D eigenvalue weighted by atomic mass is 9.72. The van der Waals surface area contributed by atoms with Crippen molar-refractivity contribution in [3.63, 3.8) is 0 Å². The molecule has 0 bridgehead atoms. The predicted octanol–water partition coefficient (Wildman–Crippen LogP) is 6.92. The van der Waals surface area contributed by atoms with E-state index in [1.54, 1.807) is 18.1 Å². The zero-order valence-corrected chi connectivity index (χ0v) is 20.1. The molecule has 1 amide bonds. The number of hydrogen-bond donors (Lipinski definition) is 0. The van der Waals surface area contributed by atoms with Gasteiger partial charge in [-0.25, -0.2) is 0 Å². The van der Waals surface area contributed by atoms with Crippen LogP contribution in [-0.4, -0.2) is 18.8 Å². The maximum atomic E-state index is 13.7. The van der Waals surface area contributed by atoms with E-state index in [1.807, 2.05) is 66.7 Å². The number of amides is 1. The number of carbonyl (C=O) groups excluding carboxylic acids is 2. The van der Waals surface area contributed by atoms with E-state index in [0.29, 0.717) is 34.2 Å². The molecule has 1 aliphatic carbocycles. The van der Waals surface area contributed by atoms with Gasteiger partial charge >= 0.3 is 0 Å². The first-order chi connectivity index (χ1) is 16.5. The molecule has 2 atom stereocenters. The first-order valence-electron chi connectivity index (χ1n) is 11.2. The Morgan fingerprint density at radius 1 is 0.853 bits per heavy atom. The number of rotatable bonds is 4. The van der Waals surface area contributed by atoms with Crippen molar-refractivity contribution < 1.29 is 14.3 Å². The second-order valence-corrected chi connectivity index (χ2v) is 9.41. The molecule has 0 fully saturated rings. The minimum Gasteiger partial charge on any atom is -0.497 e. The third-order valence-corrected chi connectivity index (χ3v) is 7.52. The van der Waals surface area contributed by atoms with Gasteiger partial charge in [-0.05, 0) is 53.8 Å². The fourth-order valence-corrected chi connectivity index (χ4v) is 5.52. The van der Waals surface area contributed by atoms with Crippen LogP contribution in [0.3, 0.4) is 0 Å². The summed E-state index contributed by atoms with van der Waals surface area (Å²) in [6.45, 7) is 0. The summed E-state index contributed by atoms with van der Waals surface area (Å²) in [6, 6.07) is 22.7. The molecule has 6 heteroatoms. The Bertz CT molecular complexity index is 1280. The molecule has 0 spiro atoms. The summed E-state index contributed by atoms with van der Waals surface area (Å²) < 4.78 is 5.28. The number of anilines is 1. The van der Waals surface area contributed by atoms with E-state index in [-0.39, 0.29) is 24.0 Å². The van der Waals surface area contributed by atoms with E-state index in [2.05, 4.69) is 0 Å². The minimum absolute atomic E-state index is 0.00502. The maximum absolute atomic E-state index is 13.7. The summed E-state index contributed by atoms with van der Waals surface area (Å²) in [5, 5.41) is 0.807. The van der Waals surface area contributed by atoms with Crippen molar-refractivity contribution in [2.24, 2.45) is 0 Å². The minimum atomic E-state index is -0.424. The second kappa shape index (κ2) is 9.28. The van der Waals surface area contributed by atoms with E-state index in [4.69, 9.17) is 27.9 Å². The highest BCUT2D eigenvalue weighted by Crippen LogP contribution is 2.48. The molecule has 5 rings (SSSR count). The summed E-state index contributed by atoms with van der Waals surface area (Å²) in [5.41, 5.74) is 3.93. The van der Waals surface area contributed by atoms with Crippen molar-refractivity contribution in [2.75, 3.05) is 12.0 Å². The third-order valence-electron chi connectivity index (χ3n) is 6.69. The molecule has 1 aliphatic heterocycles. The van der Waals surface area contributed by atoms with Crippen LogP contribution in [0.25, 0.3) is 0 Å². The monoisotopic (exact) mass is 491 g/mol. The summed E-state index contributed by atoms with van der Waals surface area (Å²) in [6.07, 6.45) is 1.12. The van der Waals surface area contributed by atoms with Gasteiger partial charge < -0.3 is 4.74 Å². The highest BCUT2D eigenvalue weighted by molar-refractivity contribution is 6.42. The van der Waals surface area contributed by atoms with Crippen LogP contribution in [0.15, 0.2) is 84.1 Å². The van der Waals surface area contributed by atoms with Gasteiger partial charge in [-0.15, -0.1) is 0 Å². The van der Waals surface area contributed by atoms with Gasteiger partial charge in [0.2, 0.25) is 5.91 Å². The molecule has 34 heavy (non-hydrogen) atoms.